The van der Waals surface area contributed by atoms with Crippen molar-refractivity contribution >= 4 is 43.2 Å². The summed E-state index contributed by atoms with van der Waals surface area (Å²) in [7, 11) is -12.9. The molecule has 0 unspecified atom stereocenters. The van der Waals surface area contributed by atoms with E-state index in [4.69, 9.17) is 0 Å². The molecular formula is C42H40F6N5O2OsP2-3. The maximum absolute atomic E-state index is 11.8. The second kappa shape index (κ2) is 21.1. The number of rotatable bonds is 7. The molecule has 0 bridgehead atoms. The van der Waals surface area contributed by atoms with Crippen molar-refractivity contribution in [3.63, 3.8) is 0 Å². The molecule has 1 aromatic heterocycles. The van der Waals surface area contributed by atoms with Gasteiger partial charge >= 0.3 is 33.0 Å². The number of nitrogens with one attached hydrogen (secondary N) is 1. The molecule has 5 aromatic carbocycles. The molecule has 1 aliphatic rings. The molecule has 1 heterocycles. The Balaban J connectivity index is 0.000000237. The third-order valence-electron chi connectivity index (χ3n) is 8.25. The zero-order chi connectivity index (χ0) is 41.3. The molecule has 58 heavy (non-hydrogen) atoms. The first-order valence-corrected chi connectivity index (χ1v) is 21.5. The van der Waals surface area contributed by atoms with Crippen LogP contribution in [-0.2, 0) is 19.8 Å². The SMILES string of the molecule is F[P-](F)(F)(F)(F)F.N=P(c1ccccc1)(c1ccccc1)c1ccccc1.[O-]c1ccccc1C=N[C@H]1CCCC[C@@H]1N=Cc1ccccc1[O-].[Os].c1cnccn1. The molecule has 1 fully saturated rings. The molecule has 308 valence electrons. The monoisotopic (exact) mass is 1010 g/mol. The van der Waals surface area contributed by atoms with E-state index in [2.05, 4.69) is 56.4 Å². The Morgan fingerprint density at radius 2 is 0.793 bits per heavy atom. The van der Waals surface area contributed by atoms with Crippen LogP contribution in [0.1, 0.15) is 36.8 Å². The van der Waals surface area contributed by atoms with Gasteiger partial charge in [0.25, 0.3) is 0 Å². The molecule has 7 nitrogen and oxygen atoms in total. The van der Waals surface area contributed by atoms with Crippen molar-refractivity contribution in [1.82, 2.24) is 9.97 Å². The van der Waals surface area contributed by atoms with Gasteiger partial charge in [0.15, 0.2) is 0 Å². The van der Waals surface area contributed by atoms with E-state index in [-0.39, 0.29) is 43.4 Å². The predicted molar refractivity (Wildman–Crippen MR) is 216 cm³/mol. The maximum atomic E-state index is 11.8. The van der Waals surface area contributed by atoms with Gasteiger partial charge in [0.1, 0.15) is 0 Å². The van der Waals surface area contributed by atoms with Gasteiger partial charge in [-0.3, -0.25) is 20.0 Å². The maximum Gasteiger partial charge on any atom is 0.0723 e. The van der Waals surface area contributed by atoms with Crippen LogP contribution in [0.25, 0.3) is 0 Å². The largest absolute Gasteiger partial charge is 0.872 e. The molecule has 0 radical (unpaired) electrons. The summed E-state index contributed by atoms with van der Waals surface area (Å²) < 4.78 is 59.2. The van der Waals surface area contributed by atoms with Gasteiger partial charge < -0.3 is 15.4 Å². The molecule has 0 amide bonds. The predicted octanol–water partition coefficient (Wildman–Crippen LogP) is 10.3. The van der Waals surface area contributed by atoms with Gasteiger partial charge in [0.2, 0.25) is 0 Å². The minimum absolute atomic E-state index is 0. The van der Waals surface area contributed by atoms with Crippen molar-refractivity contribution in [3.8, 4) is 11.5 Å². The molecule has 0 aliphatic heterocycles. The minimum atomic E-state index is -10.7. The Morgan fingerprint density at radius 1 is 0.517 bits per heavy atom. The molecule has 0 saturated heterocycles. The molecule has 6 aromatic rings. The van der Waals surface area contributed by atoms with E-state index < -0.39 is 14.9 Å². The van der Waals surface area contributed by atoms with E-state index >= 15 is 0 Å². The Morgan fingerprint density at radius 3 is 1.07 bits per heavy atom. The fourth-order valence-electron chi connectivity index (χ4n) is 5.62. The summed E-state index contributed by atoms with van der Waals surface area (Å²) in [5, 5.41) is 36.1. The molecule has 2 atom stereocenters. The van der Waals surface area contributed by atoms with Crippen LogP contribution < -0.4 is 26.1 Å². The second-order valence-electron chi connectivity index (χ2n) is 12.6. The molecule has 1 aliphatic carbocycles. The van der Waals surface area contributed by atoms with Crippen LogP contribution in [0.4, 0.5) is 25.2 Å². The zero-order valence-electron chi connectivity index (χ0n) is 30.8. The van der Waals surface area contributed by atoms with E-state index in [1.807, 2.05) is 66.7 Å². The normalized spacial score (nSPS) is 16.4. The van der Waals surface area contributed by atoms with Gasteiger partial charge in [0.05, 0.1) is 19.1 Å². The van der Waals surface area contributed by atoms with Crippen LogP contribution in [-0.4, -0.2) is 34.5 Å². The average molecular weight is 1010 g/mol. The van der Waals surface area contributed by atoms with Gasteiger partial charge in [-0.15, -0.1) is 11.5 Å². The van der Waals surface area contributed by atoms with Crippen LogP contribution in [0.3, 0.4) is 0 Å². The molecule has 1 saturated carbocycles. The topological polar surface area (TPSA) is 120 Å². The molecule has 1 N–H and O–H groups in total. The van der Waals surface area contributed by atoms with E-state index in [0.717, 1.165) is 41.6 Å². The summed E-state index contributed by atoms with van der Waals surface area (Å²) >= 11 is 0. The standard InChI is InChI=1S/C20H22N2O2.C18H16NP.C4H4N2.F6P.Os/c23-19-11-5-1-7-15(19)13-21-17-9-3-4-10-18(17)22-14-16-8-2-6-12-20(16)24;19-20(16-10-4-1-5-11-16,17-12-6-2-7-13-17)18-14-8-3-9-15-18;1-2-6-4-3-5-1;1-7(2,3,4,5)6;/h1-2,5-8,11-14,17-18,23-24H,3-4,9-10H2;1-15,19H;1-4H;;/q;;;-1;/p-2/t17-,18-;;;;/m0..../s1. The van der Waals surface area contributed by atoms with Crippen molar-refractivity contribution in [3.05, 3.63) is 175 Å². The van der Waals surface area contributed by atoms with Gasteiger partial charge in [-0.2, -0.15) is 0 Å². The first-order valence-electron chi connectivity index (χ1n) is 17.7. The second-order valence-corrected chi connectivity index (χ2v) is 17.4. The summed E-state index contributed by atoms with van der Waals surface area (Å²) in [5.74, 6) is -0.0326. The van der Waals surface area contributed by atoms with Gasteiger partial charge in [0, 0.05) is 57.0 Å². The van der Waals surface area contributed by atoms with Crippen molar-refractivity contribution in [2.75, 3.05) is 0 Å². The number of hydrogen-bond acceptors (Lipinski definition) is 7. The van der Waals surface area contributed by atoms with Crippen LogP contribution in [0.2, 0.25) is 0 Å². The zero-order valence-corrected chi connectivity index (χ0v) is 35.2. The van der Waals surface area contributed by atoms with Crippen molar-refractivity contribution < 1.29 is 55.2 Å². The van der Waals surface area contributed by atoms with Crippen LogP contribution in [0.15, 0.2) is 174 Å². The molecular weight excluding hydrogens is 973 g/mol. The van der Waals surface area contributed by atoms with Crippen LogP contribution >= 0.6 is 14.9 Å². The number of hydrogen-bond donors (Lipinski definition) is 1. The summed E-state index contributed by atoms with van der Waals surface area (Å²) in [6.45, 7) is 0. The van der Waals surface area contributed by atoms with E-state index in [9.17, 15) is 40.6 Å². The summed E-state index contributed by atoms with van der Waals surface area (Å²) in [6.07, 6.45) is 14.0. The summed E-state index contributed by atoms with van der Waals surface area (Å²) in [4.78, 5) is 16.7. The molecule has 16 heteroatoms. The quantitative estimate of drug-likeness (QED) is 0.0973. The van der Waals surface area contributed by atoms with Crippen molar-refractivity contribution in [2.24, 2.45) is 9.98 Å². The average Bonchev–Trinajstić information content (AvgIpc) is 3.21. The van der Waals surface area contributed by atoms with Gasteiger partial charge in [-0.1, -0.05) is 152 Å². The third kappa shape index (κ3) is 17.2. The number of aromatic nitrogens is 2. The Labute approximate surface area is 346 Å². The minimum Gasteiger partial charge on any atom is -0.872 e. The fourth-order valence-corrected chi connectivity index (χ4v) is 8.37. The van der Waals surface area contributed by atoms with E-state index in [0.29, 0.717) is 11.1 Å². The van der Waals surface area contributed by atoms with E-state index in [1.165, 1.54) is 0 Å². The first kappa shape index (κ1) is 47.4. The summed E-state index contributed by atoms with van der Waals surface area (Å²) in [6, 6.07) is 44.5. The molecule has 7 rings (SSSR count). The first-order chi connectivity index (χ1) is 27.0. The number of benzene rings is 5. The van der Waals surface area contributed by atoms with Crippen molar-refractivity contribution in [2.45, 2.75) is 37.8 Å². The smallest absolute Gasteiger partial charge is 0.0723 e. The number of halogens is 6. The number of nitrogens with zero attached hydrogens (tertiary/aromatic N) is 4. The summed E-state index contributed by atoms with van der Waals surface area (Å²) in [5.41, 5.74) is 1.21. The number of para-hydroxylation sites is 2. The Bertz CT molecular complexity index is 2020. The van der Waals surface area contributed by atoms with Crippen LogP contribution in [0, 0.1) is 5.16 Å². The Hall–Kier alpha value is -5.00. The number of aliphatic imine (C=N–C) groups is 2. The van der Waals surface area contributed by atoms with Gasteiger partial charge in [-0.05, 0) is 39.9 Å². The fraction of sp³-hybridized carbons (Fsp3) is 0.143. The van der Waals surface area contributed by atoms with Crippen molar-refractivity contribution in [1.29, 1.82) is 5.16 Å². The van der Waals surface area contributed by atoms with E-state index in [1.54, 1.807) is 73.6 Å². The van der Waals surface area contributed by atoms with Gasteiger partial charge in [-0.25, -0.2) is 0 Å². The Kier molecular flexibility index (Phi) is 17.3. The third-order valence-corrected chi connectivity index (χ3v) is 11.5. The molecule has 0 spiro atoms. The van der Waals surface area contributed by atoms with Crippen LogP contribution in [0.5, 0.6) is 11.5 Å².